The summed E-state index contributed by atoms with van der Waals surface area (Å²) in [6.45, 7) is 4.24. The minimum Gasteiger partial charge on any atom is -0.507 e. The number of benzene rings is 3. The molecule has 34 heavy (non-hydrogen) atoms. The van der Waals surface area contributed by atoms with Crippen molar-refractivity contribution in [2.75, 3.05) is 7.11 Å². The summed E-state index contributed by atoms with van der Waals surface area (Å²) in [4.78, 5) is 25.8. The molecule has 1 unspecified atom stereocenters. The molecule has 0 radical (unpaired) electrons. The highest BCUT2D eigenvalue weighted by atomic mass is 16.5. The molecular formula is C28H24O6. The van der Waals surface area contributed by atoms with E-state index < -0.39 is 5.97 Å². The molecule has 0 saturated heterocycles. The fraction of sp³-hybridized carbons (Fsp3) is 0.214. The summed E-state index contributed by atoms with van der Waals surface area (Å²) in [7, 11) is 1.57. The van der Waals surface area contributed by atoms with Gasteiger partial charge in [0.1, 0.15) is 34.5 Å². The van der Waals surface area contributed by atoms with Crippen molar-refractivity contribution < 1.29 is 23.8 Å². The number of phenolic OH excluding ortho intramolecular Hbond substituents is 1. The number of fused-ring (bicyclic) bond motifs is 3. The summed E-state index contributed by atoms with van der Waals surface area (Å²) in [5.41, 5.74) is 3.50. The maximum absolute atomic E-state index is 13.5. The summed E-state index contributed by atoms with van der Waals surface area (Å²) in [6.07, 6.45) is 1.50. The van der Waals surface area contributed by atoms with E-state index in [-0.39, 0.29) is 40.2 Å². The number of rotatable bonds is 4. The van der Waals surface area contributed by atoms with Gasteiger partial charge in [-0.1, -0.05) is 50.2 Å². The summed E-state index contributed by atoms with van der Waals surface area (Å²) in [5, 5.41) is 10.8. The van der Waals surface area contributed by atoms with Gasteiger partial charge in [0.05, 0.1) is 19.1 Å². The lowest BCUT2D eigenvalue weighted by molar-refractivity contribution is -0.135. The second-order valence-electron chi connectivity index (χ2n) is 8.77. The molecule has 1 aliphatic heterocycles. The normalized spacial score (nSPS) is 15.3. The second-order valence-corrected chi connectivity index (χ2v) is 8.77. The molecule has 0 bridgehead atoms. The molecule has 0 saturated carbocycles. The van der Waals surface area contributed by atoms with E-state index in [0.29, 0.717) is 28.4 Å². The number of esters is 1. The molecule has 1 atom stereocenters. The van der Waals surface area contributed by atoms with E-state index in [0.717, 1.165) is 5.56 Å². The number of ether oxygens (including phenoxy) is 2. The number of carbonyl (C=O) groups is 1. The molecule has 172 valence electrons. The number of methoxy groups -OCH3 is 1. The van der Waals surface area contributed by atoms with Crippen LogP contribution in [0.25, 0.3) is 22.1 Å². The highest BCUT2D eigenvalue weighted by Crippen LogP contribution is 2.45. The Bertz CT molecular complexity index is 1450. The molecule has 6 heteroatoms. The molecule has 1 N–H and O–H groups in total. The Morgan fingerprint density at radius 3 is 2.38 bits per heavy atom. The Hall–Kier alpha value is -4.06. The van der Waals surface area contributed by atoms with E-state index in [2.05, 4.69) is 13.8 Å². The van der Waals surface area contributed by atoms with Crippen molar-refractivity contribution in [3.63, 3.8) is 0 Å². The highest BCUT2D eigenvalue weighted by molar-refractivity contribution is 5.94. The van der Waals surface area contributed by atoms with Crippen LogP contribution in [0.1, 0.15) is 48.8 Å². The quantitative estimate of drug-likeness (QED) is 0.311. The average molecular weight is 456 g/mol. The predicted molar refractivity (Wildman–Crippen MR) is 129 cm³/mol. The van der Waals surface area contributed by atoms with Crippen LogP contribution in [0.3, 0.4) is 0 Å². The summed E-state index contributed by atoms with van der Waals surface area (Å²) < 4.78 is 16.6. The van der Waals surface area contributed by atoms with Crippen LogP contribution in [0, 0.1) is 0 Å². The van der Waals surface area contributed by atoms with Gasteiger partial charge in [0.15, 0.2) is 0 Å². The van der Waals surface area contributed by atoms with E-state index in [1.165, 1.54) is 17.9 Å². The van der Waals surface area contributed by atoms with Crippen LogP contribution in [-0.2, 0) is 4.79 Å². The van der Waals surface area contributed by atoms with Gasteiger partial charge in [-0.15, -0.1) is 0 Å². The molecule has 5 rings (SSSR count). The average Bonchev–Trinajstić information content (AvgIpc) is 2.83. The van der Waals surface area contributed by atoms with Crippen LogP contribution < -0.4 is 14.9 Å². The molecule has 0 aliphatic carbocycles. The summed E-state index contributed by atoms with van der Waals surface area (Å²) in [5.74, 6) is 0.196. The Balaban J connectivity index is 1.70. The third-order valence-corrected chi connectivity index (χ3v) is 6.38. The maximum Gasteiger partial charge on any atom is 0.312 e. The lowest BCUT2D eigenvalue weighted by Gasteiger charge is -2.26. The minimum atomic E-state index is -0.401. The Morgan fingerprint density at radius 2 is 1.74 bits per heavy atom. The zero-order valence-corrected chi connectivity index (χ0v) is 19.1. The van der Waals surface area contributed by atoms with Gasteiger partial charge in [-0.3, -0.25) is 9.59 Å². The van der Waals surface area contributed by atoms with Crippen LogP contribution in [0.15, 0.2) is 70.1 Å². The maximum atomic E-state index is 13.5. The van der Waals surface area contributed by atoms with Crippen molar-refractivity contribution in [2.45, 2.75) is 32.1 Å². The van der Waals surface area contributed by atoms with Crippen LogP contribution in [0.5, 0.6) is 17.2 Å². The number of hydrogen-bond donors (Lipinski definition) is 1. The monoisotopic (exact) mass is 456 g/mol. The van der Waals surface area contributed by atoms with E-state index in [1.54, 1.807) is 31.4 Å². The molecule has 4 aromatic rings. The van der Waals surface area contributed by atoms with E-state index >= 15 is 0 Å². The van der Waals surface area contributed by atoms with E-state index in [1.807, 2.05) is 24.3 Å². The fourth-order valence-electron chi connectivity index (χ4n) is 4.50. The number of hydrogen-bond acceptors (Lipinski definition) is 6. The van der Waals surface area contributed by atoms with Gasteiger partial charge in [0.2, 0.25) is 5.43 Å². The molecule has 0 spiro atoms. The number of aromatic hydroxyl groups is 1. The first-order valence-corrected chi connectivity index (χ1v) is 11.1. The summed E-state index contributed by atoms with van der Waals surface area (Å²) in [6, 6.07) is 16.4. The van der Waals surface area contributed by atoms with Crippen LogP contribution in [-0.4, -0.2) is 18.2 Å². The molecule has 1 aromatic heterocycles. The van der Waals surface area contributed by atoms with Gasteiger partial charge in [-0.05, 0) is 34.7 Å². The van der Waals surface area contributed by atoms with Crippen molar-refractivity contribution in [3.8, 4) is 28.4 Å². The highest BCUT2D eigenvalue weighted by Gasteiger charge is 2.33. The van der Waals surface area contributed by atoms with Gasteiger partial charge in [-0.2, -0.15) is 0 Å². The van der Waals surface area contributed by atoms with Crippen LogP contribution >= 0.6 is 0 Å². The molecule has 2 heterocycles. The fourth-order valence-corrected chi connectivity index (χ4v) is 4.50. The first kappa shape index (κ1) is 21.8. The lowest BCUT2D eigenvalue weighted by Crippen LogP contribution is -2.22. The van der Waals surface area contributed by atoms with Gasteiger partial charge in [0.25, 0.3) is 0 Å². The SMILES string of the molecule is COc1ccc(-c2coc3c4c(cc(O)c3c2=O)OC(=O)CC4c2ccc(C(C)C)cc2)cc1. The first-order chi connectivity index (χ1) is 16.4. The molecule has 0 amide bonds. The zero-order valence-electron chi connectivity index (χ0n) is 19.1. The molecule has 0 fully saturated rings. The predicted octanol–water partition coefficient (Wildman–Crippen LogP) is 5.74. The molecule has 1 aliphatic rings. The van der Waals surface area contributed by atoms with Gasteiger partial charge < -0.3 is 19.0 Å². The van der Waals surface area contributed by atoms with Crippen LogP contribution in [0.4, 0.5) is 0 Å². The Morgan fingerprint density at radius 1 is 1.03 bits per heavy atom. The van der Waals surface area contributed by atoms with Gasteiger partial charge in [-0.25, -0.2) is 0 Å². The van der Waals surface area contributed by atoms with Gasteiger partial charge >= 0.3 is 5.97 Å². The lowest BCUT2D eigenvalue weighted by atomic mass is 9.84. The third-order valence-electron chi connectivity index (χ3n) is 6.38. The topological polar surface area (TPSA) is 86.0 Å². The molecule has 3 aromatic carbocycles. The molecule has 6 nitrogen and oxygen atoms in total. The van der Waals surface area contributed by atoms with Crippen molar-refractivity contribution in [1.82, 2.24) is 0 Å². The van der Waals surface area contributed by atoms with Crippen molar-refractivity contribution >= 4 is 16.9 Å². The Kier molecular flexibility index (Phi) is 5.36. The first-order valence-electron chi connectivity index (χ1n) is 11.1. The van der Waals surface area contributed by atoms with E-state index in [9.17, 15) is 14.7 Å². The largest absolute Gasteiger partial charge is 0.507 e. The molecular weight excluding hydrogens is 432 g/mol. The third kappa shape index (κ3) is 3.61. The van der Waals surface area contributed by atoms with Crippen molar-refractivity contribution in [1.29, 1.82) is 0 Å². The van der Waals surface area contributed by atoms with Crippen molar-refractivity contribution in [3.05, 3.63) is 87.8 Å². The Labute approximate surface area is 196 Å². The second kappa shape index (κ2) is 8.37. The smallest absolute Gasteiger partial charge is 0.312 e. The van der Waals surface area contributed by atoms with Gasteiger partial charge in [0, 0.05) is 17.5 Å². The number of carbonyl (C=O) groups excluding carboxylic acids is 1. The van der Waals surface area contributed by atoms with E-state index in [4.69, 9.17) is 13.9 Å². The van der Waals surface area contributed by atoms with Crippen LogP contribution in [0.2, 0.25) is 0 Å². The zero-order chi connectivity index (χ0) is 24.0. The minimum absolute atomic E-state index is 0.0637. The standard InChI is InChI=1S/C28H24O6/c1-15(2)16-4-6-17(7-5-16)20-12-24(30)34-23-13-22(29)26-27(31)21(14-33-28(26)25(20)23)18-8-10-19(32-3)11-9-18/h4-11,13-15,20,29H,12H2,1-3H3. The van der Waals surface area contributed by atoms with Crippen molar-refractivity contribution in [2.24, 2.45) is 0 Å². The summed E-state index contributed by atoms with van der Waals surface area (Å²) >= 11 is 0. The number of phenols is 1.